The molecule has 0 unspecified atom stereocenters. The normalized spacial score (nSPS) is 18.0. The summed E-state index contributed by atoms with van der Waals surface area (Å²) in [6, 6.07) is 0.678. The third-order valence-electron chi connectivity index (χ3n) is 5.75. The van der Waals surface area contributed by atoms with Crippen molar-refractivity contribution in [2.75, 3.05) is 65.4 Å². The Morgan fingerprint density at radius 3 is 1.64 bits per heavy atom. The van der Waals surface area contributed by atoms with Gasteiger partial charge in [0.25, 0.3) is 0 Å². The van der Waals surface area contributed by atoms with Gasteiger partial charge in [-0.25, -0.2) is 0 Å². The molecular weight excluding hydrogens is 308 g/mol. The molecule has 1 heterocycles. The molecule has 1 aliphatic rings. The Morgan fingerprint density at radius 2 is 1.28 bits per heavy atom. The number of piperazine rings is 1. The molecule has 0 amide bonds. The molecule has 0 aromatic heterocycles. The number of hydrogen-bond acceptors (Lipinski definition) is 4. The van der Waals surface area contributed by atoms with Gasteiger partial charge in [0.05, 0.1) is 0 Å². The fraction of sp³-hybridized carbons (Fsp3) is 1.00. The molecule has 0 N–H and O–H groups in total. The average molecular weight is 355 g/mol. The van der Waals surface area contributed by atoms with Crippen molar-refractivity contribution in [3.63, 3.8) is 0 Å². The minimum atomic E-state index is 0.301. The zero-order valence-corrected chi connectivity index (χ0v) is 18.4. The van der Waals surface area contributed by atoms with Crippen LogP contribution in [-0.4, -0.2) is 96.6 Å². The molecule has 4 heteroatoms. The van der Waals surface area contributed by atoms with E-state index in [1.807, 2.05) is 0 Å². The molecule has 1 aliphatic heterocycles. The highest BCUT2D eigenvalue weighted by atomic mass is 15.3. The summed E-state index contributed by atoms with van der Waals surface area (Å²) in [5, 5.41) is 0. The first-order chi connectivity index (χ1) is 11.8. The lowest BCUT2D eigenvalue weighted by atomic mass is 10.1. The predicted molar refractivity (Wildman–Crippen MR) is 111 cm³/mol. The lowest BCUT2D eigenvalue weighted by Crippen LogP contribution is -2.48. The fourth-order valence-electron chi connectivity index (χ4n) is 3.97. The van der Waals surface area contributed by atoms with E-state index in [9.17, 15) is 0 Å². The van der Waals surface area contributed by atoms with Gasteiger partial charge in [0.15, 0.2) is 0 Å². The predicted octanol–water partition coefficient (Wildman–Crippen LogP) is 3.23. The summed E-state index contributed by atoms with van der Waals surface area (Å²) in [5.74, 6) is 0. The Kier molecular flexibility index (Phi) is 10.6. The number of hydrogen-bond donors (Lipinski definition) is 0. The maximum absolute atomic E-state index is 2.67. The van der Waals surface area contributed by atoms with Crippen molar-refractivity contribution < 1.29 is 0 Å². The molecule has 0 bridgehead atoms. The second-order valence-electron chi connectivity index (χ2n) is 8.86. The van der Waals surface area contributed by atoms with Crippen molar-refractivity contribution in [1.29, 1.82) is 0 Å². The van der Waals surface area contributed by atoms with E-state index >= 15 is 0 Å². The van der Waals surface area contributed by atoms with Gasteiger partial charge in [-0.05, 0) is 86.7 Å². The maximum Gasteiger partial charge on any atom is 0.0124 e. The molecule has 0 spiro atoms. The van der Waals surface area contributed by atoms with Crippen LogP contribution in [0.5, 0.6) is 0 Å². The maximum atomic E-state index is 2.67. The van der Waals surface area contributed by atoms with Gasteiger partial charge in [-0.3, -0.25) is 4.90 Å². The molecule has 1 fully saturated rings. The van der Waals surface area contributed by atoms with Crippen LogP contribution in [0.2, 0.25) is 0 Å². The molecular formula is C21H46N4. The van der Waals surface area contributed by atoms with Gasteiger partial charge in [0.1, 0.15) is 0 Å². The van der Waals surface area contributed by atoms with Crippen molar-refractivity contribution in [1.82, 2.24) is 19.6 Å². The average Bonchev–Trinajstić information content (AvgIpc) is 2.55. The molecule has 0 aliphatic carbocycles. The summed E-state index contributed by atoms with van der Waals surface area (Å²) in [7, 11) is 0. The molecule has 0 aromatic rings. The van der Waals surface area contributed by atoms with E-state index in [-0.39, 0.29) is 0 Å². The van der Waals surface area contributed by atoms with Crippen LogP contribution in [-0.2, 0) is 0 Å². The molecule has 150 valence electrons. The topological polar surface area (TPSA) is 13.0 Å². The van der Waals surface area contributed by atoms with Crippen molar-refractivity contribution in [2.24, 2.45) is 0 Å². The largest absolute Gasteiger partial charge is 0.301 e. The first kappa shape index (κ1) is 22.9. The van der Waals surface area contributed by atoms with Gasteiger partial charge in [-0.15, -0.1) is 0 Å². The zero-order valence-electron chi connectivity index (χ0n) is 18.4. The SMILES string of the molecule is CCN(CCCN1CCN(CCCN(CC)C(C)(C)C)CC1)C(C)C. The Hall–Kier alpha value is -0.160. The first-order valence-electron chi connectivity index (χ1n) is 10.7. The third kappa shape index (κ3) is 8.85. The van der Waals surface area contributed by atoms with Crippen LogP contribution in [0, 0.1) is 0 Å². The van der Waals surface area contributed by atoms with Crippen molar-refractivity contribution in [3.8, 4) is 0 Å². The van der Waals surface area contributed by atoms with Crippen LogP contribution in [0.25, 0.3) is 0 Å². The van der Waals surface area contributed by atoms with Gasteiger partial charge < -0.3 is 14.7 Å². The summed E-state index contributed by atoms with van der Waals surface area (Å²) in [6.07, 6.45) is 2.61. The third-order valence-corrected chi connectivity index (χ3v) is 5.75. The lowest BCUT2D eigenvalue weighted by molar-refractivity contribution is 0.106. The number of rotatable bonds is 11. The fourth-order valence-corrected chi connectivity index (χ4v) is 3.97. The second kappa shape index (κ2) is 11.5. The van der Waals surface area contributed by atoms with Gasteiger partial charge in [-0.2, -0.15) is 0 Å². The second-order valence-corrected chi connectivity index (χ2v) is 8.86. The molecule has 0 radical (unpaired) electrons. The van der Waals surface area contributed by atoms with Crippen LogP contribution in [0.1, 0.15) is 61.3 Å². The molecule has 4 nitrogen and oxygen atoms in total. The first-order valence-corrected chi connectivity index (χ1v) is 10.7. The summed E-state index contributed by atoms with van der Waals surface area (Å²) < 4.78 is 0. The zero-order chi connectivity index (χ0) is 18.9. The van der Waals surface area contributed by atoms with Crippen LogP contribution in [0.15, 0.2) is 0 Å². The Morgan fingerprint density at radius 1 is 0.800 bits per heavy atom. The molecule has 1 saturated heterocycles. The summed E-state index contributed by atoms with van der Waals surface area (Å²) in [6.45, 7) is 28.5. The van der Waals surface area contributed by atoms with Gasteiger partial charge in [0.2, 0.25) is 0 Å². The Labute approximate surface area is 158 Å². The van der Waals surface area contributed by atoms with Crippen molar-refractivity contribution >= 4 is 0 Å². The van der Waals surface area contributed by atoms with Gasteiger partial charge >= 0.3 is 0 Å². The summed E-state index contributed by atoms with van der Waals surface area (Å²) in [5.41, 5.74) is 0.301. The van der Waals surface area contributed by atoms with E-state index in [0.29, 0.717) is 11.6 Å². The minimum Gasteiger partial charge on any atom is -0.301 e. The van der Waals surface area contributed by atoms with E-state index in [0.717, 1.165) is 6.54 Å². The quantitative estimate of drug-likeness (QED) is 0.565. The van der Waals surface area contributed by atoms with E-state index in [1.165, 1.54) is 71.7 Å². The molecule has 0 saturated carbocycles. The highest BCUT2D eigenvalue weighted by Crippen LogP contribution is 2.13. The molecule has 25 heavy (non-hydrogen) atoms. The molecule has 1 rings (SSSR count). The standard InChI is InChI=1S/C21H46N4/c1-8-24(20(3)4)14-10-12-22-16-18-23(19-17-22)13-11-15-25(9-2)21(5,6)7/h20H,8-19H2,1-7H3. The van der Waals surface area contributed by atoms with Crippen molar-refractivity contribution in [2.45, 2.75) is 72.9 Å². The van der Waals surface area contributed by atoms with Crippen LogP contribution in [0.4, 0.5) is 0 Å². The van der Waals surface area contributed by atoms with E-state index in [1.54, 1.807) is 0 Å². The van der Waals surface area contributed by atoms with Crippen LogP contribution < -0.4 is 0 Å². The van der Waals surface area contributed by atoms with E-state index < -0.39 is 0 Å². The summed E-state index contributed by atoms with van der Waals surface area (Å²) >= 11 is 0. The number of nitrogens with zero attached hydrogens (tertiary/aromatic N) is 4. The molecule has 0 aromatic carbocycles. The summed E-state index contributed by atoms with van der Waals surface area (Å²) in [4.78, 5) is 10.5. The Balaban J connectivity index is 2.15. The van der Waals surface area contributed by atoms with Gasteiger partial charge in [-0.1, -0.05) is 13.8 Å². The van der Waals surface area contributed by atoms with Crippen molar-refractivity contribution in [3.05, 3.63) is 0 Å². The smallest absolute Gasteiger partial charge is 0.0124 e. The molecule has 0 atom stereocenters. The Bertz CT molecular complexity index is 329. The lowest BCUT2D eigenvalue weighted by Gasteiger charge is -2.37. The van der Waals surface area contributed by atoms with Crippen LogP contribution >= 0.6 is 0 Å². The highest BCUT2D eigenvalue weighted by Gasteiger charge is 2.20. The van der Waals surface area contributed by atoms with E-state index in [2.05, 4.69) is 68.1 Å². The van der Waals surface area contributed by atoms with E-state index in [4.69, 9.17) is 0 Å². The monoisotopic (exact) mass is 354 g/mol. The van der Waals surface area contributed by atoms with Gasteiger partial charge in [0, 0.05) is 37.8 Å². The highest BCUT2D eigenvalue weighted by molar-refractivity contribution is 4.77. The van der Waals surface area contributed by atoms with Crippen LogP contribution in [0.3, 0.4) is 0 Å². The minimum absolute atomic E-state index is 0.301.